The maximum absolute atomic E-state index is 5.77. The average molecular weight is 192 g/mol. The van der Waals surface area contributed by atoms with Crippen molar-refractivity contribution in [3.8, 4) is 0 Å². The molecule has 1 aromatic heterocycles. The molecule has 0 amide bonds. The van der Waals surface area contributed by atoms with Gasteiger partial charge < -0.3 is 10.5 Å². The normalized spacial score (nSPS) is 26.6. The zero-order valence-electron chi connectivity index (χ0n) is 8.44. The standard InChI is InChI=1S/C11H16N2O/c1-8-4-5-10(14-8)7-9-3-2-6-13-11(9)12/h2-3,6,8,10H,4-5,7H2,1H3,(H2,12,13). The number of nitrogens with zero attached hydrogens (tertiary/aromatic N) is 1. The van der Waals surface area contributed by atoms with Gasteiger partial charge in [0.05, 0.1) is 12.2 Å². The van der Waals surface area contributed by atoms with Crippen molar-refractivity contribution in [2.24, 2.45) is 0 Å². The molecular formula is C11H16N2O. The van der Waals surface area contributed by atoms with Gasteiger partial charge in [-0.3, -0.25) is 0 Å². The van der Waals surface area contributed by atoms with E-state index < -0.39 is 0 Å². The van der Waals surface area contributed by atoms with Crippen LogP contribution in [0, 0.1) is 0 Å². The van der Waals surface area contributed by atoms with Crippen LogP contribution in [0.4, 0.5) is 5.82 Å². The van der Waals surface area contributed by atoms with Crippen LogP contribution in [0.2, 0.25) is 0 Å². The molecule has 3 heteroatoms. The van der Waals surface area contributed by atoms with Crippen LogP contribution in [-0.2, 0) is 11.2 Å². The van der Waals surface area contributed by atoms with Gasteiger partial charge in [-0.05, 0) is 31.4 Å². The molecule has 1 aliphatic heterocycles. The van der Waals surface area contributed by atoms with Gasteiger partial charge in [-0.25, -0.2) is 4.98 Å². The van der Waals surface area contributed by atoms with Gasteiger partial charge in [-0.2, -0.15) is 0 Å². The molecule has 1 fully saturated rings. The summed E-state index contributed by atoms with van der Waals surface area (Å²) in [5.41, 5.74) is 6.87. The van der Waals surface area contributed by atoms with Crippen LogP contribution in [0.15, 0.2) is 18.3 Å². The molecular weight excluding hydrogens is 176 g/mol. The van der Waals surface area contributed by atoms with E-state index in [9.17, 15) is 0 Å². The van der Waals surface area contributed by atoms with E-state index in [1.54, 1.807) is 6.20 Å². The summed E-state index contributed by atoms with van der Waals surface area (Å²) in [6.45, 7) is 2.12. The van der Waals surface area contributed by atoms with E-state index in [1.165, 1.54) is 0 Å². The van der Waals surface area contributed by atoms with Gasteiger partial charge in [0.2, 0.25) is 0 Å². The van der Waals surface area contributed by atoms with Crippen molar-refractivity contribution in [1.29, 1.82) is 0 Å². The van der Waals surface area contributed by atoms with Crippen LogP contribution in [-0.4, -0.2) is 17.2 Å². The Bertz CT molecular complexity index is 314. The van der Waals surface area contributed by atoms with Crippen LogP contribution in [0.25, 0.3) is 0 Å². The first-order valence-electron chi connectivity index (χ1n) is 5.10. The highest BCUT2D eigenvalue weighted by Crippen LogP contribution is 2.23. The number of nitrogens with two attached hydrogens (primary N) is 1. The van der Waals surface area contributed by atoms with Crippen LogP contribution in [0.3, 0.4) is 0 Å². The molecule has 2 rings (SSSR count). The maximum Gasteiger partial charge on any atom is 0.126 e. The summed E-state index contributed by atoms with van der Waals surface area (Å²) in [6, 6.07) is 3.94. The highest BCUT2D eigenvalue weighted by atomic mass is 16.5. The van der Waals surface area contributed by atoms with Crippen molar-refractivity contribution >= 4 is 5.82 Å². The van der Waals surface area contributed by atoms with E-state index in [-0.39, 0.29) is 0 Å². The Morgan fingerprint density at radius 2 is 2.43 bits per heavy atom. The second-order valence-electron chi connectivity index (χ2n) is 3.90. The zero-order valence-corrected chi connectivity index (χ0v) is 8.44. The fourth-order valence-electron chi connectivity index (χ4n) is 1.90. The van der Waals surface area contributed by atoms with Crippen molar-refractivity contribution in [3.63, 3.8) is 0 Å². The number of hydrogen-bond donors (Lipinski definition) is 1. The molecule has 76 valence electrons. The smallest absolute Gasteiger partial charge is 0.126 e. The van der Waals surface area contributed by atoms with Gasteiger partial charge in [0, 0.05) is 12.6 Å². The monoisotopic (exact) mass is 192 g/mol. The first-order valence-corrected chi connectivity index (χ1v) is 5.10. The summed E-state index contributed by atoms with van der Waals surface area (Å²) in [5, 5.41) is 0. The third-order valence-corrected chi connectivity index (χ3v) is 2.69. The van der Waals surface area contributed by atoms with E-state index in [0.717, 1.165) is 24.8 Å². The lowest BCUT2D eigenvalue weighted by molar-refractivity contribution is 0.0564. The van der Waals surface area contributed by atoms with E-state index >= 15 is 0 Å². The van der Waals surface area contributed by atoms with E-state index in [1.807, 2.05) is 12.1 Å². The molecule has 1 aromatic rings. The minimum atomic E-state index is 0.330. The Labute approximate surface area is 84.3 Å². The first-order chi connectivity index (χ1) is 6.75. The molecule has 0 bridgehead atoms. The van der Waals surface area contributed by atoms with Crippen molar-refractivity contribution in [2.75, 3.05) is 5.73 Å². The van der Waals surface area contributed by atoms with Crippen molar-refractivity contribution in [3.05, 3.63) is 23.9 Å². The van der Waals surface area contributed by atoms with Gasteiger partial charge in [-0.15, -0.1) is 0 Å². The Morgan fingerprint density at radius 1 is 1.57 bits per heavy atom. The molecule has 1 saturated heterocycles. The molecule has 0 aromatic carbocycles. The fraction of sp³-hybridized carbons (Fsp3) is 0.545. The molecule has 14 heavy (non-hydrogen) atoms. The van der Waals surface area contributed by atoms with Gasteiger partial charge in [0.1, 0.15) is 5.82 Å². The summed E-state index contributed by atoms with van der Waals surface area (Å²) in [7, 11) is 0. The lowest BCUT2D eigenvalue weighted by atomic mass is 10.1. The molecule has 2 heterocycles. The molecule has 3 nitrogen and oxygen atoms in total. The highest BCUT2D eigenvalue weighted by Gasteiger charge is 2.22. The molecule has 2 N–H and O–H groups in total. The minimum absolute atomic E-state index is 0.330. The van der Waals surface area contributed by atoms with E-state index in [0.29, 0.717) is 18.0 Å². The average Bonchev–Trinajstić information content (AvgIpc) is 2.56. The van der Waals surface area contributed by atoms with Gasteiger partial charge in [-0.1, -0.05) is 6.07 Å². The second-order valence-corrected chi connectivity index (χ2v) is 3.90. The summed E-state index contributed by atoms with van der Waals surface area (Å²) in [4.78, 5) is 4.06. The number of rotatable bonds is 2. The Morgan fingerprint density at radius 3 is 3.07 bits per heavy atom. The van der Waals surface area contributed by atoms with E-state index in [4.69, 9.17) is 10.5 Å². The molecule has 0 radical (unpaired) electrons. The quantitative estimate of drug-likeness (QED) is 0.777. The lowest BCUT2D eigenvalue weighted by Crippen LogP contribution is -2.13. The number of aromatic nitrogens is 1. The van der Waals surface area contributed by atoms with Crippen LogP contribution >= 0.6 is 0 Å². The Kier molecular flexibility index (Phi) is 2.68. The number of ether oxygens (including phenoxy) is 1. The SMILES string of the molecule is CC1CCC(Cc2cccnc2N)O1. The van der Waals surface area contributed by atoms with Crippen molar-refractivity contribution < 1.29 is 4.74 Å². The van der Waals surface area contributed by atoms with Crippen LogP contribution in [0.5, 0.6) is 0 Å². The van der Waals surface area contributed by atoms with Crippen LogP contribution in [0.1, 0.15) is 25.3 Å². The summed E-state index contributed by atoms with van der Waals surface area (Å²) in [5.74, 6) is 0.635. The molecule has 2 unspecified atom stereocenters. The van der Waals surface area contributed by atoms with Gasteiger partial charge in [0.25, 0.3) is 0 Å². The number of hydrogen-bond acceptors (Lipinski definition) is 3. The molecule has 2 atom stereocenters. The summed E-state index contributed by atoms with van der Waals surface area (Å²) >= 11 is 0. The topological polar surface area (TPSA) is 48.1 Å². The van der Waals surface area contributed by atoms with Crippen LogP contribution < -0.4 is 5.73 Å². The molecule has 0 spiro atoms. The largest absolute Gasteiger partial charge is 0.383 e. The molecule has 1 aliphatic rings. The van der Waals surface area contributed by atoms with Crippen molar-refractivity contribution in [1.82, 2.24) is 4.98 Å². The summed E-state index contributed by atoms with van der Waals surface area (Å²) < 4.78 is 5.74. The third kappa shape index (κ3) is 2.04. The molecule has 0 saturated carbocycles. The maximum atomic E-state index is 5.77. The number of nitrogen functional groups attached to an aromatic ring is 1. The lowest BCUT2D eigenvalue weighted by Gasteiger charge is -2.11. The Hall–Kier alpha value is -1.09. The highest BCUT2D eigenvalue weighted by molar-refractivity contribution is 5.38. The zero-order chi connectivity index (χ0) is 9.97. The predicted octanol–water partition coefficient (Wildman–Crippen LogP) is 1.77. The minimum Gasteiger partial charge on any atom is -0.383 e. The number of pyridine rings is 1. The van der Waals surface area contributed by atoms with Gasteiger partial charge >= 0.3 is 0 Å². The predicted molar refractivity (Wildman–Crippen MR) is 55.9 cm³/mol. The summed E-state index contributed by atoms with van der Waals surface area (Å²) in [6.07, 6.45) is 5.64. The fourth-order valence-corrected chi connectivity index (χ4v) is 1.90. The van der Waals surface area contributed by atoms with Crippen molar-refractivity contribution in [2.45, 2.75) is 38.4 Å². The molecule has 0 aliphatic carbocycles. The third-order valence-electron chi connectivity index (χ3n) is 2.69. The van der Waals surface area contributed by atoms with E-state index in [2.05, 4.69) is 11.9 Å². The second kappa shape index (κ2) is 3.96. The Balaban J connectivity index is 2.01. The first kappa shape index (κ1) is 9.46. The number of anilines is 1. The van der Waals surface area contributed by atoms with Gasteiger partial charge in [0.15, 0.2) is 0 Å².